The first kappa shape index (κ1) is 17.4. The van der Waals surface area contributed by atoms with Gasteiger partial charge in [0.05, 0.1) is 5.39 Å². The molecule has 2 heteroatoms. The monoisotopic (exact) mass is 407 g/mol. The number of pyridine rings is 2. The second-order valence-corrected chi connectivity index (χ2v) is 8.30. The quantitative estimate of drug-likeness (QED) is 0.170. The zero-order valence-corrected chi connectivity index (χ0v) is 17.4. The van der Waals surface area contributed by atoms with Gasteiger partial charge >= 0.3 is 0 Å². The van der Waals surface area contributed by atoms with Crippen molar-refractivity contribution >= 4 is 43.1 Å². The molecule has 0 saturated heterocycles. The summed E-state index contributed by atoms with van der Waals surface area (Å²) in [6, 6.07) is 32.9. The van der Waals surface area contributed by atoms with Crippen molar-refractivity contribution in [2.75, 3.05) is 0 Å². The lowest BCUT2D eigenvalue weighted by Gasteiger charge is -2.14. The highest BCUT2D eigenvalue weighted by atomic mass is 14.9. The van der Waals surface area contributed by atoms with E-state index in [0.29, 0.717) is 0 Å². The Labute approximate surface area is 185 Å². The number of aromatic nitrogens is 2. The summed E-state index contributed by atoms with van der Waals surface area (Å²) in [5.41, 5.74) is 3.55. The van der Waals surface area contributed by atoms with Crippen molar-refractivity contribution in [3.63, 3.8) is 0 Å². The van der Waals surface area contributed by atoms with Gasteiger partial charge < -0.3 is 0 Å². The van der Waals surface area contributed by atoms with Crippen molar-refractivity contribution in [2.45, 2.75) is 0 Å². The van der Waals surface area contributed by atoms with Crippen LogP contribution in [0, 0.1) is 0 Å². The lowest BCUT2D eigenvalue weighted by Crippen LogP contribution is -2.29. The fourth-order valence-electron chi connectivity index (χ4n) is 5.18. The Morgan fingerprint density at radius 2 is 1.03 bits per heavy atom. The molecule has 0 N–H and O–H groups in total. The van der Waals surface area contributed by atoms with Crippen LogP contribution in [-0.4, -0.2) is 4.98 Å². The van der Waals surface area contributed by atoms with Crippen LogP contribution in [0.4, 0.5) is 0 Å². The number of fused-ring (bicyclic) bond motifs is 2. The summed E-state index contributed by atoms with van der Waals surface area (Å²) < 4.78 is 2.22. The van der Waals surface area contributed by atoms with E-state index in [1.54, 1.807) is 0 Å². The smallest absolute Gasteiger partial charge is 0.218 e. The van der Waals surface area contributed by atoms with Crippen LogP contribution >= 0.6 is 0 Å². The van der Waals surface area contributed by atoms with Crippen LogP contribution in [0.2, 0.25) is 0 Å². The number of hydrogen-bond donors (Lipinski definition) is 0. The summed E-state index contributed by atoms with van der Waals surface area (Å²) >= 11 is 0. The Morgan fingerprint density at radius 1 is 0.469 bits per heavy atom. The number of nitrogens with zero attached hydrogens (tertiary/aromatic N) is 2. The molecule has 148 valence electrons. The fourth-order valence-corrected chi connectivity index (χ4v) is 5.18. The molecular formula is C30H19N2+. The number of rotatable bonds is 2. The van der Waals surface area contributed by atoms with Gasteiger partial charge in [-0.15, -0.1) is 0 Å². The molecule has 32 heavy (non-hydrogen) atoms. The van der Waals surface area contributed by atoms with Crippen LogP contribution < -0.4 is 4.57 Å². The summed E-state index contributed by atoms with van der Waals surface area (Å²) in [6.07, 6.45) is 7.97. The molecule has 7 aromatic rings. The van der Waals surface area contributed by atoms with Crippen LogP contribution in [0.3, 0.4) is 0 Å². The van der Waals surface area contributed by atoms with E-state index >= 15 is 0 Å². The third-order valence-corrected chi connectivity index (χ3v) is 6.62. The van der Waals surface area contributed by atoms with Crippen LogP contribution in [0.15, 0.2) is 116 Å². The van der Waals surface area contributed by atoms with Crippen molar-refractivity contribution in [2.24, 2.45) is 0 Å². The first-order chi connectivity index (χ1) is 15.9. The molecular weight excluding hydrogens is 388 g/mol. The van der Waals surface area contributed by atoms with Gasteiger partial charge in [0.1, 0.15) is 0 Å². The zero-order valence-electron chi connectivity index (χ0n) is 17.4. The zero-order chi connectivity index (χ0) is 21.1. The van der Waals surface area contributed by atoms with Crippen molar-refractivity contribution < 1.29 is 4.57 Å². The van der Waals surface area contributed by atoms with E-state index in [1.807, 2.05) is 24.5 Å². The predicted molar refractivity (Wildman–Crippen MR) is 132 cm³/mol. The second-order valence-electron chi connectivity index (χ2n) is 8.30. The Balaban J connectivity index is 1.52. The first-order valence-electron chi connectivity index (χ1n) is 10.9. The topological polar surface area (TPSA) is 16.8 Å². The van der Waals surface area contributed by atoms with Gasteiger partial charge in [0.2, 0.25) is 5.69 Å². The maximum absolute atomic E-state index is 4.13. The molecule has 0 saturated carbocycles. The highest BCUT2D eigenvalue weighted by molar-refractivity contribution is 6.33. The summed E-state index contributed by atoms with van der Waals surface area (Å²) in [5.74, 6) is 0. The lowest BCUT2D eigenvalue weighted by molar-refractivity contribution is -0.594. The molecule has 0 unspecified atom stereocenters. The van der Waals surface area contributed by atoms with E-state index in [2.05, 4.69) is 101 Å². The van der Waals surface area contributed by atoms with Gasteiger partial charge in [-0.25, -0.2) is 0 Å². The minimum atomic E-state index is 1.17. The third-order valence-electron chi connectivity index (χ3n) is 6.62. The number of benzene rings is 5. The van der Waals surface area contributed by atoms with Gasteiger partial charge in [-0.05, 0) is 67.7 Å². The molecule has 0 radical (unpaired) electrons. The molecule has 0 amide bonds. The van der Waals surface area contributed by atoms with Gasteiger partial charge in [0.15, 0.2) is 12.4 Å². The van der Waals surface area contributed by atoms with Crippen LogP contribution in [0.5, 0.6) is 0 Å². The van der Waals surface area contributed by atoms with Crippen LogP contribution in [-0.2, 0) is 0 Å². The van der Waals surface area contributed by atoms with E-state index < -0.39 is 0 Å². The summed E-state index contributed by atoms with van der Waals surface area (Å²) in [4.78, 5) is 4.13. The van der Waals surface area contributed by atoms with Crippen LogP contribution in [0.1, 0.15) is 0 Å². The average Bonchev–Trinajstić information content (AvgIpc) is 2.87. The predicted octanol–water partition coefficient (Wildman–Crippen LogP) is 7.08. The molecule has 7 rings (SSSR count). The Bertz CT molecular complexity index is 1700. The van der Waals surface area contributed by atoms with E-state index in [-0.39, 0.29) is 0 Å². The van der Waals surface area contributed by atoms with Gasteiger partial charge in [0, 0.05) is 36.0 Å². The average molecular weight is 407 g/mol. The van der Waals surface area contributed by atoms with Gasteiger partial charge in [0.25, 0.3) is 0 Å². The van der Waals surface area contributed by atoms with Gasteiger partial charge in [-0.1, -0.05) is 48.5 Å². The second kappa shape index (κ2) is 6.60. The SMILES string of the molecule is c1cc2cccc3c4ccc(-[n+]5ccc(-c6ccncc6)cc5)c5cccc(c(c1)c23)c54. The maximum Gasteiger partial charge on any atom is 0.218 e. The van der Waals surface area contributed by atoms with E-state index in [1.165, 1.54) is 59.9 Å². The molecule has 0 atom stereocenters. The van der Waals surface area contributed by atoms with Crippen molar-refractivity contribution in [1.29, 1.82) is 0 Å². The molecule has 0 aliphatic carbocycles. The lowest BCUT2D eigenvalue weighted by atomic mass is 9.89. The van der Waals surface area contributed by atoms with Crippen molar-refractivity contribution in [3.8, 4) is 16.8 Å². The minimum absolute atomic E-state index is 1.17. The third kappa shape index (κ3) is 2.41. The molecule has 0 fully saturated rings. The highest BCUT2D eigenvalue weighted by Crippen LogP contribution is 2.40. The molecule has 0 aliphatic rings. The molecule has 2 heterocycles. The van der Waals surface area contributed by atoms with E-state index in [4.69, 9.17) is 0 Å². The van der Waals surface area contributed by atoms with Crippen molar-refractivity contribution in [3.05, 3.63) is 116 Å². The van der Waals surface area contributed by atoms with Gasteiger partial charge in [-0.2, -0.15) is 4.57 Å². The Morgan fingerprint density at radius 3 is 1.75 bits per heavy atom. The standard InChI is InChI=1S/C30H19N2/c1-4-22-5-2-7-24-26-10-11-28(27-9-3-8-25(30(26)27)23(6-1)29(22)24)32-18-14-21(15-19-32)20-12-16-31-17-13-20/h1-19H/q+1. The molecule has 0 aliphatic heterocycles. The molecule has 0 spiro atoms. The highest BCUT2D eigenvalue weighted by Gasteiger charge is 2.18. The summed E-state index contributed by atoms with van der Waals surface area (Å²) in [7, 11) is 0. The van der Waals surface area contributed by atoms with Gasteiger partial charge in [-0.3, -0.25) is 4.98 Å². The first-order valence-corrected chi connectivity index (χ1v) is 10.9. The molecule has 5 aromatic carbocycles. The Hall–Kier alpha value is -4.30. The molecule has 2 nitrogen and oxygen atoms in total. The normalized spacial score (nSPS) is 11.8. The van der Waals surface area contributed by atoms with E-state index in [0.717, 1.165) is 0 Å². The maximum atomic E-state index is 4.13. The minimum Gasteiger partial charge on any atom is -0.265 e. The number of hydrogen-bond acceptors (Lipinski definition) is 1. The summed E-state index contributed by atoms with van der Waals surface area (Å²) in [5, 5.41) is 10.5. The van der Waals surface area contributed by atoms with E-state index in [9.17, 15) is 0 Å². The largest absolute Gasteiger partial charge is 0.265 e. The fraction of sp³-hybridized carbons (Fsp3) is 0. The Kier molecular flexibility index (Phi) is 3.58. The molecule has 2 aromatic heterocycles. The molecule has 0 bridgehead atoms. The summed E-state index contributed by atoms with van der Waals surface area (Å²) in [6.45, 7) is 0. The van der Waals surface area contributed by atoms with Crippen LogP contribution in [0.25, 0.3) is 59.9 Å². The van der Waals surface area contributed by atoms with Crippen molar-refractivity contribution in [1.82, 2.24) is 4.98 Å².